The van der Waals surface area contributed by atoms with E-state index in [1.54, 1.807) is 0 Å². The van der Waals surface area contributed by atoms with Gasteiger partial charge in [0.15, 0.2) is 17.5 Å². The number of rotatable bonds is 4. The van der Waals surface area contributed by atoms with E-state index in [1.165, 1.54) is 27.5 Å². The van der Waals surface area contributed by atoms with Gasteiger partial charge in [-0.2, -0.15) is 0 Å². The highest BCUT2D eigenvalue weighted by Gasteiger charge is 2.48. The molecule has 0 amide bonds. The van der Waals surface area contributed by atoms with Crippen LogP contribution in [0.5, 0.6) is 0 Å². The molecule has 1 aliphatic rings. The molecule has 3 heteroatoms. The molecule has 1 heterocycles. The van der Waals surface area contributed by atoms with E-state index in [-0.39, 0.29) is 10.8 Å². The Labute approximate surface area is 212 Å². The van der Waals surface area contributed by atoms with Crippen LogP contribution in [0.3, 0.4) is 0 Å². The molecule has 0 saturated carbocycles. The number of aromatic nitrogens is 3. The molecule has 0 spiro atoms. The van der Waals surface area contributed by atoms with Gasteiger partial charge < -0.3 is 0 Å². The fraction of sp³-hybridized carbons (Fsp3) is 0.182. The second-order valence-corrected chi connectivity index (χ2v) is 10.7. The first-order valence-electron chi connectivity index (χ1n) is 12.5. The molecule has 0 saturated heterocycles. The molecule has 0 radical (unpaired) electrons. The van der Waals surface area contributed by atoms with Crippen molar-refractivity contribution in [1.82, 2.24) is 15.0 Å². The van der Waals surface area contributed by atoms with Crippen LogP contribution in [0, 0.1) is 10.8 Å². The Morgan fingerprint density at radius 1 is 0.472 bits per heavy atom. The zero-order chi connectivity index (χ0) is 24.9. The van der Waals surface area contributed by atoms with Gasteiger partial charge in [0.2, 0.25) is 0 Å². The van der Waals surface area contributed by atoms with Gasteiger partial charge in [-0.05, 0) is 39.0 Å². The topological polar surface area (TPSA) is 38.7 Å². The van der Waals surface area contributed by atoms with Crippen molar-refractivity contribution in [2.45, 2.75) is 27.7 Å². The molecule has 0 N–H and O–H groups in total. The summed E-state index contributed by atoms with van der Waals surface area (Å²) in [5.41, 5.74) is 5.62. The smallest absolute Gasteiger partial charge is 0.164 e. The molecule has 3 nitrogen and oxygen atoms in total. The number of benzene rings is 4. The number of fused-ring (bicyclic) bond motifs is 1. The fourth-order valence-electron chi connectivity index (χ4n) is 4.86. The van der Waals surface area contributed by atoms with Crippen LogP contribution >= 0.6 is 0 Å². The van der Waals surface area contributed by atoms with Gasteiger partial charge in [0, 0.05) is 16.5 Å². The number of hydrogen-bond acceptors (Lipinski definition) is 3. The quantitative estimate of drug-likeness (QED) is 0.266. The molecule has 5 aromatic rings. The van der Waals surface area contributed by atoms with Crippen molar-refractivity contribution in [2.75, 3.05) is 0 Å². The van der Waals surface area contributed by atoms with Crippen LogP contribution < -0.4 is 0 Å². The first-order valence-corrected chi connectivity index (χ1v) is 12.5. The van der Waals surface area contributed by atoms with E-state index in [0.29, 0.717) is 11.6 Å². The maximum Gasteiger partial charge on any atom is 0.164 e. The lowest BCUT2D eigenvalue weighted by Gasteiger charge is -2.50. The van der Waals surface area contributed by atoms with E-state index in [4.69, 9.17) is 15.0 Å². The molecule has 0 aliphatic heterocycles. The Kier molecular flexibility index (Phi) is 5.11. The van der Waals surface area contributed by atoms with E-state index in [9.17, 15) is 0 Å². The third-order valence-electron chi connectivity index (χ3n) is 7.92. The number of nitrogens with zero attached hydrogens (tertiary/aromatic N) is 3. The Hall–Kier alpha value is -4.11. The van der Waals surface area contributed by atoms with Gasteiger partial charge in [0.25, 0.3) is 0 Å². The van der Waals surface area contributed by atoms with Crippen LogP contribution in [0.4, 0.5) is 0 Å². The van der Waals surface area contributed by atoms with Crippen LogP contribution in [0.2, 0.25) is 0 Å². The lowest BCUT2D eigenvalue weighted by molar-refractivity contribution is 0.206. The molecular formula is C33H29N3. The van der Waals surface area contributed by atoms with Gasteiger partial charge in [-0.1, -0.05) is 125 Å². The van der Waals surface area contributed by atoms with Crippen LogP contribution in [-0.4, -0.2) is 15.0 Å². The fourth-order valence-corrected chi connectivity index (χ4v) is 4.86. The van der Waals surface area contributed by atoms with Gasteiger partial charge in [0.1, 0.15) is 0 Å². The lowest BCUT2D eigenvalue weighted by Crippen LogP contribution is -2.41. The van der Waals surface area contributed by atoms with E-state index in [1.807, 2.05) is 18.2 Å². The van der Waals surface area contributed by atoms with Gasteiger partial charge in [-0.15, -0.1) is 0 Å². The second kappa shape index (κ2) is 8.23. The Morgan fingerprint density at radius 3 is 1.64 bits per heavy atom. The maximum atomic E-state index is 4.97. The Morgan fingerprint density at radius 2 is 1.00 bits per heavy atom. The maximum absolute atomic E-state index is 4.97. The van der Waals surface area contributed by atoms with Crippen LogP contribution in [0.15, 0.2) is 103 Å². The third-order valence-corrected chi connectivity index (χ3v) is 7.92. The molecule has 4 aromatic carbocycles. The summed E-state index contributed by atoms with van der Waals surface area (Å²) in [5.74, 6) is 2.17. The van der Waals surface area contributed by atoms with Crippen LogP contribution in [0.25, 0.3) is 50.2 Å². The predicted octanol–water partition coefficient (Wildman–Crippen LogP) is 8.48. The minimum Gasteiger partial charge on any atom is -0.209 e. The van der Waals surface area contributed by atoms with E-state index in [2.05, 4.69) is 113 Å². The predicted molar refractivity (Wildman–Crippen MR) is 149 cm³/mol. The molecule has 0 atom stereocenters. The molecule has 0 unspecified atom stereocenters. The summed E-state index contributed by atoms with van der Waals surface area (Å²) in [5, 5.41) is 2.49. The van der Waals surface area contributed by atoms with Gasteiger partial charge in [-0.25, -0.2) is 15.0 Å². The summed E-state index contributed by atoms with van der Waals surface area (Å²) in [7, 11) is 0. The SMILES string of the molecule is CC1(C)C=C(c2nc(-c3ccccc3)nc(-c3ccc(-c4ccc5ccccc5c4)cc3)n2)C1(C)C. The summed E-state index contributed by atoms with van der Waals surface area (Å²) in [6.07, 6.45) is 2.30. The molecule has 0 bridgehead atoms. The normalized spacial score (nSPS) is 15.8. The zero-order valence-electron chi connectivity index (χ0n) is 21.2. The number of allylic oxidation sites excluding steroid dienone is 2. The molecule has 176 valence electrons. The molecule has 36 heavy (non-hydrogen) atoms. The molecular weight excluding hydrogens is 438 g/mol. The Bertz CT molecular complexity index is 1610. The monoisotopic (exact) mass is 467 g/mol. The average Bonchev–Trinajstić information content (AvgIpc) is 2.92. The van der Waals surface area contributed by atoms with Crippen molar-refractivity contribution in [3.8, 4) is 33.9 Å². The average molecular weight is 468 g/mol. The van der Waals surface area contributed by atoms with Crippen molar-refractivity contribution in [2.24, 2.45) is 10.8 Å². The van der Waals surface area contributed by atoms with Crippen molar-refractivity contribution < 1.29 is 0 Å². The largest absolute Gasteiger partial charge is 0.209 e. The zero-order valence-corrected chi connectivity index (χ0v) is 21.2. The first-order chi connectivity index (χ1) is 17.3. The van der Waals surface area contributed by atoms with Gasteiger partial charge >= 0.3 is 0 Å². The molecule has 1 aliphatic carbocycles. The summed E-state index contributed by atoms with van der Waals surface area (Å²) < 4.78 is 0. The minimum absolute atomic E-state index is 0.0144. The van der Waals surface area contributed by atoms with Crippen molar-refractivity contribution in [3.63, 3.8) is 0 Å². The summed E-state index contributed by atoms with van der Waals surface area (Å²) in [4.78, 5) is 14.8. The number of hydrogen-bond donors (Lipinski definition) is 0. The van der Waals surface area contributed by atoms with Crippen molar-refractivity contribution >= 4 is 16.3 Å². The standard InChI is InChI=1S/C33H29N3/c1-32(2)21-28(33(32,3)4)31-35-29(24-11-6-5-7-12-24)34-30(36-31)25-17-14-23(15-18-25)27-19-16-22-10-8-9-13-26(22)20-27/h5-21H,1-4H3. The van der Waals surface area contributed by atoms with E-state index in [0.717, 1.165) is 17.0 Å². The highest BCUT2D eigenvalue weighted by atomic mass is 15.0. The van der Waals surface area contributed by atoms with Crippen molar-refractivity contribution in [1.29, 1.82) is 0 Å². The summed E-state index contributed by atoms with van der Waals surface area (Å²) in [6, 6.07) is 33.7. The van der Waals surface area contributed by atoms with Crippen LogP contribution in [-0.2, 0) is 0 Å². The second-order valence-electron chi connectivity index (χ2n) is 10.7. The van der Waals surface area contributed by atoms with E-state index < -0.39 is 0 Å². The van der Waals surface area contributed by atoms with Gasteiger partial charge in [0.05, 0.1) is 0 Å². The first kappa shape index (κ1) is 22.4. The van der Waals surface area contributed by atoms with Crippen molar-refractivity contribution in [3.05, 3.63) is 109 Å². The Balaban J connectivity index is 1.42. The highest BCUT2D eigenvalue weighted by molar-refractivity contribution is 5.87. The molecule has 6 rings (SSSR count). The molecule has 1 aromatic heterocycles. The summed E-state index contributed by atoms with van der Waals surface area (Å²) in [6.45, 7) is 9.07. The van der Waals surface area contributed by atoms with Gasteiger partial charge in [-0.3, -0.25) is 0 Å². The third kappa shape index (κ3) is 3.72. The highest BCUT2D eigenvalue weighted by Crippen LogP contribution is 2.58. The summed E-state index contributed by atoms with van der Waals surface area (Å²) >= 11 is 0. The van der Waals surface area contributed by atoms with Crippen LogP contribution in [0.1, 0.15) is 33.5 Å². The minimum atomic E-state index is -0.0144. The van der Waals surface area contributed by atoms with E-state index >= 15 is 0 Å². The molecule has 0 fully saturated rings. The lowest BCUT2D eigenvalue weighted by atomic mass is 9.54.